The Labute approximate surface area is 163 Å². The van der Waals surface area contributed by atoms with Crippen LogP contribution < -0.4 is 10.6 Å². The van der Waals surface area contributed by atoms with Gasteiger partial charge in [0.1, 0.15) is 12.2 Å². The average molecular weight is 383 g/mol. The van der Waals surface area contributed by atoms with Crippen molar-refractivity contribution in [1.29, 1.82) is 0 Å². The molecule has 0 spiro atoms. The SMILES string of the molecule is COCCCn1cnnc1[C@H](C)NC(=O)Nc1ccc(-n2ccnc2C)cc1. The number of carbonyl (C=O) groups is 1. The minimum Gasteiger partial charge on any atom is -0.385 e. The Balaban J connectivity index is 1.57. The molecular formula is C19H25N7O2. The number of benzene rings is 1. The largest absolute Gasteiger partial charge is 0.385 e. The molecule has 2 amide bonds. The van der Waals surface area contributed by atoms with Crippen LogP contribution in [-0.2, 0) is 11.3 Å². The minimum absolute atomic E-state index is 0.280. The summed E-state index contributed by atoms with van der Waals surface area (Å²) in [5.41, 5.74) is 1.69. The second-order valence-electron chi connectivity index (χ2n) is 6.44. The minimum atomic E-state index is -0.300. The molecule has 0 bridgehead atoms. The van der Waals surface area contributed by atoms with Crippen molar-refractivity contribution >= 4 is 11.7 Å². The van der Waals surface area contributed by atoms with Gasteiger partial charge in [0.15, 0.2) is 5.82 Å². The van der Waals surface area contributed by atoms with Gasteiger partial charge in [0.05, 0.1) is 6.04 Å². The second-order valence-corrected chi connectivity index (χ2v) is 6.44. The summed E-state index contributed by atoms with van der Waals surface area (Å²) in [6, 6.07) is 6.99. The fourth-order valence-electron chi connectivity index (χ4n) is 2.94. The molecule has 0 fully saturated rings. The monoisotopic (exact) mass is 383 g/mol. The van der Waals surface area contributed by atoms with Crippen molar-refractivity contribution in [2.45, 2.75) is 32.9 Å². The van der Waals surface area contributed by atoms with Gasteiger partial charge in [0.2, 0.25) is 0 Å². The highest BCUT2D eigenvalue weighted by atomic mass is 16.5. The first-order chi connectivity index (χ1) is 13.6. The van der Waals surface area contributed by atoms with Gasteiger partial charge in [0.25, 0.3) is 0 Å². The number of aryl methyl sites for hydroxylation is 2. The van der Waals surface area contributed by atoms with Crippen LogP contribution in [0.2, 0.25) is 0 Å². The van der Waals surface area contributed by atoms with Crippen molar-refractivity contribution in [3.05, 3.63) is 54.6 Å². The molecule has 2 heterocycles. The maximum Gasteiger partial charge on any atom is 0.319 e. The van der Waals surface area contributed by atoms with Crippen LogP contribution in [0.15, 0.2) is 43.0 Å². The topological polar surface area (TPSA) is 98.9 Å². The first-order valence-electron chi connectivity index (χ1n) is 9.13. The van der Waals surface area contributed by atoms with E-state index in [9.17, 15) is 4.79 Å². The van der Waals surface area contributed by atoms with Crippen LogP contribution >= 0.6 is 0 Å². The van der Waals surface area contributed by atoms with E-state index in [0.29, 0.717) is 18.1 Å². The van der Waals surface area contributed by atoms with E-state index in [2.05, 4.69) is 25.8 Å². The highest BCUT2D eigenvalue weighted by Gasteiger charge is 2.15. The number of rotatable bonds is 8. The normalized spacial score (nSPS) is 12.0. The van der Waals surface area contributed by atoms with Crippen LogP contribution in [0.1, 0.15) is 31.0 Å². The molecule has 0 aliphatic heterocycles. The van der Waals surface area contributed by atoms with Gasteiger partial charge >= 0.3 is 6.03 Å². The van der Waals surface area contributed by atoms with Crippen molar-refractivity contribution in [3.8, 4) is 5.69 Å². The lowest BCUT2D eigenvalue weighted by molar-refractivity contribution is 0.189. The molecule has 0 aliphatic carbocycles. The van der Waals surface area contributed by atoms with Gasteiger partial charge in [-0.1, -0.05) is 0 Å². The zero-order valence-corrected chi connectivity index (χ0v) is 16.3. The number of urea groups is 1. The summed E-state index contributed by atoms with van der Waals surface area (Å²) in [5, 5.41) is 13.8. The van der Waals surface area contributed by atoms with E-state index in [-0.39, 0.29) is 12.1 Å². The number of methoxy groups -OCH3 is 1. The van der Waals surface area contributed by atoms with E-state index in [0.717, 1.165) is 24.5 Å². The molecule has 3 aromatic rings. The second kappa shape index (κ2) is 9.14. The number of anilines is 1. The maximum atomic E-state index is 12.3. The van der Waals surface area contributed by atoms with Crippen LogP contribution in [0, 0.1) is 6.92 Å². The number of amides is 2. The number of nitrogens with one attached hydrogen (secondary N) is 2. The van der Waals surface area contributed by atoms with Crippen molar-refractivity contribution in [2.24, 2.45) is 0 Å². The third-order valence-corrected chi connectivity index (χ3v) is 4.36. The molecule has 2 aromatic heterocycles. The molecule has 0 aliphatic rings. The van der Waals surface area contributed by atoms with E-state index in [1.807, 2.05) is 53.4 Å². The Bertz CT molecular complexity index is 901. The highest BCUT2D eigenvalue weighted by molar-refractivity contribution is 5.89. The number of ether oxygens (including phenoxy) is 1. The molecule has 0 radical (unpaired) electrons. The zero-order chi connectivity index (χ0) is 19.9. The van der Waals surface area contributed by atoms with E-state index in [1.54, 1.807) is 19.6 Å². The molecule has 0 saturated heterocycles. The smallest absolute Gasteiger partial charge is 0.319 e. The Morgan fingerprint density at radius 3 is 2.75 bits per heavy atom. The van der Waals surface area contributed by atoms with Gasteiger partial charge in [-0.25, -0.2) is 9.78 Å². The van der Waals surface area contributed by atoms with Crippen LogP contribution in [-0.4, -0.2) is 44.1 Å². The molecule has 9 heteroatoms. The highest BCUT2D eigenvalue weighted by Crippen LogP contribution is 2.15. The number of hydrogen-bond acceptors (Lipinski definition) is 5. The Hall–Kier alpha value is -3.20. The van der Waals surface area contributed by atoms with Crippen LogP contribution in [0.5, 0.6) is 0 Å². The van der Waals surface area contributed by atoms with Gasteiger partial charge in [0, 0.05) is 44.0 Å². The molecular weight excluding hydrogens is 358 g/mol. The first-order valence-corrected chi connectivity index (χ1v) is 9.13. The van der Waals surface area contributed by atoms with Crippen molar-refractivity contribution in [3.63, 3.8) is 0 Å². The molecule has 2 N–H and O–H groups in total. The van der Waals surface area contributed by atoms with E-state index >= 15 is 0 Å². The molecule has 0 saturated carbocycles. The van der Waals surface area contributed by atoms with Crippen LogP contribution in [0.3, 0.4) is 0 Å². The third kappa shape index (κ3) is 4.74. The molecule has 1 atom stereocenters. The number of hydrogen-bond donors (Lipinski definition) is 2. The summed E-state index contributed by atoms with van der Waals surface area (Å²) < 4.78 is 8.97. The lowest BCUT2D eigenvalue weighted by Crippen LogP contribution is -2.32. The predicted octanol–water partition coefficient (Wildman–Crippen LogP) is 2.69. The summed E-state index contributed by atoms with van der Waals surface area (Å²) in [7, 11) is 1.67. The van der Waals surface area contributed by atoms with Crippen LogP contribution in [0.4, 0.5) is 10.5 Å². The van der Waals surface area contributed by atoms with Gasteiger partial charge < -0.3 is 24.5 Å². The molecule has 28 heavy (non-hydrogen) atoms. The number of nitrogens with zero attached hydrogens (tertiary/aromatic N) is 5. The van der Waals surface area contributed by atoms with Crippen molar-refractivity contribution < 1.29 is 9.53 Å². The predicted molar refractivity (Wildman–Crippen MR) is 105 cm³/mol. The van der Waals surface area contributed by atoms with E-state index in [4.69, 9.17) is 4.74 Å². The van der Waals surface area contributed by atoms with Gasteiger partial charge in [-0.3, -0.25) is 0 Å². The molecule has 9 nitrogen and oxygen atoms in total. The van der Waals surface area contributed by atoms with Gasteiger partial charge in [-0.15, -0.1) is 10.2 Å². The number of imidazole rings is 1. The van der Waals surface area contributed by atoms with Crippen molar-refractivity contribution in [1.82, 2.24) is 29.6 Å². The first kappa shape index (κ1) is 19.6. The maximum absolute atomic E-state index is 12.3. The fraction of sp³-hybridized carbons (Fsp3) is 0.368. The lowest BCUT2D eigenvalue weighted by Gasteiger charge is -2.15. The molecule has 1 aromatic carbocycles. The Morgan fingerprint density at radius 2 is 2.07 bits per heavy atom. The number of carbonyl (C=O) groups excluding carboxylic acids is 1. The molecule has 148 valence electrons. The van der Waals surface area contributed by atoms with Gasteiger partial charge in [-0.05, 0) is 44.5 Å². The number of aromatic nitrogens is 5. The Morgan fingerprint density at radius 1 is 1.29 bits per heavy atom. The standard InChI is InChI=1S/C19H25N7O2/c1-14(18-24-21-13-25(18)10-4-12-28-3)22-19(27)23-16-5-7-17(8-6-16)26-11-9-20-15(26)2/h5-9,11,13-14H,4,10,12H2,1-3H3,(H2,22,23,27)/t14-/m0/s1. The summed E-state index contributed by atoms with van der Waals surface area (Å²) in [5.74, 6) is 1.61. The Kier molecular flexibility index (Phi) is 6.38. The zero-order valence-electron chi connectivity index (χ0n) is 16.3. The summed E-state index contributed by atoms with van der Waals surface area (Å²) in [6.07, 6.45) is 6.17. The quantitative estimate of drug-likeness (QED) is 0.583. The fourth-order valence-corrected chi connectivity index (χ4v) is 2.94. The third-order valence-electron chi connectivity index (χ3n) is 4.36. The van der Waals surface area contributed by atoms with E-state index in [1.165, 1.54) is 0 Å². The summed E-state index contributed by atoms with van der Waals surface area (Å²) in [6.45, 7) is 5.21. The lowest BCUT2D eigenvalue weighted by atomic mass is 10.2. The average Bonchev–Trinajstić information content (AvgIpc) is 3.31. The summed E-state index contributed by atoms with van der Waals surface area (Å²) >= 11 is 0. The van der Waals surface area contributed by atoms with E-state index < -0.39 is 0 Å². The summed E-state index contributed by atoms with van der Waals surface area (Å²) in [4.78, 5) is 16.6. The van der Waals surface area contributed by atoms with Crippen LogP contribution in [0.25, 0.3) is 5.69 Å². The molecule has 0 unspecified atom stereocenters. The van der Waals surface area contributed by atoms with Crippen molar-refractivity contribution in [2.75, 3.05) is 19.0 Å². The van der Waals surface area contributed by atoms with Gasteiger partial charge in [-0.2, -0.15) is 0 Å². The molecule has 3 rings (SSSR count).